The second kappa shape index (κ2) is 8.14. The largest absolute Gasteiger partial charge is 0.497 e. The summed E-state index contributed by atoms with van der Waals surface area (Å²) >= 11 is 0. The number of carbonyl (C=O) groups is 2. The van der Waals surface area contributed by atoms with Crippen LogP contribution in [-0.4, -0.2) is 32.7 Å². The smallest absolute Gasteiger partial charge is 0.309 e. The molecule has 1 aromatic carbocycles. The van der Waals surface area contributed by atoms with Crippen molar-refractivity contribution in [1.29, 1.82) is 0 Å². The summed E-state index contributed by atoms with van der Waals surface area (Å²) in [6, 6.07) is 4.99. The Bertz CT molecular complexity index is 479. The molecule has 1 rings (SSSR count). The molecule has 0 saturated carbocycles. The molecule has 0 spiro atoms. The molecule has 0 aliphatic carbocycles. The minimum Gasteiger partial charge on any atom is -0.497 e. The predicted molar refractivity (Wildman–Crippen MR) is 78.6 cm³/mol. The zero-order chi connectivity index (χ0) is 15.8. The number of esters is 1. The zero-order valence-electron chi connectivity index (χ0n) is 12.8. The van der Waals surface area contributed by atoms with E-state index in [0.717, 1.165) is 0 Å². The van der Waals surface area contributed by atoms with E-state index >= 15 is 0 Å². The van der Waals surface area contributed by atoms with Crippen LogP contribution in [0.1, 0.15) is 20.3 Å². The lowest BCUT2D eigenvalue weighted by molar-refractivity contribution is -0.151. The molecule has 0 radical (unpaired) electrons. The van der Waals surface area contributed by atoms with Gasteiger partial charge >= 0.3 is 5.97 Å². The van der Waals surface area contributed by atoms with Crippen molar-refractivity contribution in [3.63, 3.8) is 0 Å². The van der Waals surface area contributed by atoms with Gasteiger partial charge in [-0.05, 0) is 6.42 Å². The number of nitrogens with one attached hydrogen (secondary N) is 1. The molecule has 1 amide bonds. The van der Waals surface area contributed by atoms with E-state index in [1.807, 2.05) is 6.92 Å². The van der Waals surface area contributed by atoms with E-state index in [0.29, 0.717) is 23.6 Å². The normalized spacial score (nSPS) is 11.4. The first kappa shape index (κ1) is 16.8. The molecular formula is C15H21NO5. The maximum atomic E-state index is 11.8. The van der Waals surface area contributed by atoms with Crippen molar-refractivity contribution >= 4 is 17.6 Å². The highest BCUT2D eigenvalue weighted by Gasteiger charge is 2.14. The number of amides is 1. The Balaban J connectivity index is 2.60. The van der Waals surface area contributed by atoms with E-state index < -0.39 is 5.91 Å². The van der Waals surface area contributed by atoms with Crippen molar-refractivity contribution < 1.29 is 23.8 Å². The minimum atomic E-state index is -0.415. The van der Waals surface area contributed by atoms with E-state index in [1.165, 1.54) is 14.2 Å². The molecule has 0 saturated heterocycles. The molecule has 116 valence electrons. The Hall–Kier alpha value is -2.24. The van der Waals surface area contributed by atoms with Crippen LogP contribution in [0.5, 0.6) is 11.5 Å². The minimum absolute atomic E-state index is 0.213. The standard InChI is InChI=1S/C15H21NO5/c1-5-10(2)15(18)21-9-14(17)16-11-6-12(19-3)8-13(7-11)20-4/h6-8,10H,5,9H2,1-4H3,(H,16,17). The van der Waals surface area contributed by atoms with Gasteiger partial charge in [0, 0.05) is 23.9 Å². The van der Waals surface area contributed by atoms with Crippen LogP contribution in [0.25, 0.3) is 0 Å². The van der Waals surface area contributed by atoms with Gasteiger partial charge in [-0.2, -0.15) is 0 Å². The summed E-state index contributed by atoms with van der Waals surface area (Å²) in [5, 5.41) is 2.63. The number of benzene rings is 1. The highest BCUT2D eigenvalue weighted by Crippen LogP contribution is 2.25. The van der Waals surface area contributed by atoms with Gasteiger partial charge in [0.25, 0.3) is 5.91 Å². The molecule has 0 fully saturated rings. The third-order valence-corrected chi connectivity index (χ3v) is 3.00. The van der Waals surface area contributed by atoms with Crippen LogP contribution >= 0.6 is 0 Å². The molecular weight excluding hydrogens is 274 g/mol. The zero-order valence-corrected chi connectivity index (χ0v) is 12.8. The molecule has 0 bridgehead atoms. The topological polar surface area (TPSA) is 73.9 Å². The van der Waals surface area contributed by atoms with Crippen LogP contribution in [0.4, 0.5) is 5.69 Å². The van der Waals surface area contributed by atoms with Gasteiger partial charge in [-0.1, -0.05) is 13.8 Å². The molecule has 1 atom stereocenters. The van der Waals surface area contributed by atoms with Crippen molar-refractivity contribution in [3.05, 3.63) is 18.2 Å². The van der Waals surface area contributed by atoms with Crippen LogP contribution in [0.3, 0.4) is 0 Å². The summed E-state index contributed by atoms with van der Waals surface area (Å²) < 4.78 is 15.1. The van der Waals surface area contributed by atoms with Crippen LogP contribution in [-0.2, 0) is 14.3 Å². The maximum Gasteiger partial charge on any atom is 0.309 e. The SMILES string of the molecule is CCC(C)C(=O)OCC(=O)Nc1cc(OC)cc(OC)c1. The molecule has 1 N–H and O–H groups in total. The summed E-state index contributed by atoms with van der Waals surface area (Å²) in [5.74, 6) is 0.107. The Morgan fingerprint density at radius 2 is 1.71 bits per heavy atom. The average molecular weight is 295 g/mol. The highest BCUT2D eigenvalue weighted by atomic mass is 16.5. The van der Waals surface area contributed by atoms with Crippen molar-refractivity contribution in [1.82, 2.24) is 0 Å². The molecule has 6 nitrogen and oxygen atoms in total. The van der Waals surface area contributed by atoms with Gasteiger partial charge in [0.05, 0.1) is 20.1 Å². The van der Waals surface area contributed by atoms with Crippen LogP contribution in [0.15, 0.2) is 18.2 Å². The third-order valence-electron chi connectivity index (χ3n) is 3.00. The van der Waals surface area contributed by atoms with Gasteiger partial charge in [0.1, 0.15) is 11.5 Å². The first-order valence-corrected chi connectivity index (χ1v) is 6.69. The number of rotatable bonds is 7. The summed E-state index contributed by atoms with van der Waals surface area (Å²) in [6.07, 6.45) is 0.674. The monoisotopic (exact) mass is 295 g/mol. The molecule has 6 heteroatoms. The molecule has 0 aliphatic rings. The van der Waals surface area contributed by atoms with Gasteiger partial charge in [-0.25, -0.2) is 0 Å². The van der Waals surface area contributed by atoms with Gasteiger partial charge < -0.3 is 19.5 Å². The molecule has 21 heavy (non-hydrogen) atoms. The summed E-state index contributed by atoms with van der Waals surface area (Å²) in [4.78, 5) is 23.2. The van der Waals surface area contributed by atoms with Crippen LogP contribution < -0.4 is 14.8 Å². The number of ether oxygens (including phenoxy) is 3. The Morgan fingerprint density at radius 3 is 2.19 bits per heavy atom. The van der Waals surface area contributed by atoms with E-state index in [2.05, 4.69) is 5.32 Å². The maximum absolute atomic E-state index is 11.8. The Labute approximate surface area is 124 Å². The Morgan fingerprint density at radius 1 is 1.14 bits per heavy atom. The summed E-state index contributed by atoms with van der Waals surface area (Å²) in [7, 11) is 3.04. The molecule has 1 aromatic rings. The number of hydrogen-bond acceptors (Lipinski definition) is 5. The van der Waals surface area contributed by atoms with Crippen molar-refractivity contribution in [2.75, 3.05) is 26.1 Å². The van der Waals surface area contributed by atoms with E-state index in [-0.39, 0.29) is 18.5 Å². The van der Waals surface area contributed by atoms with Crippen molar-refractivity contribution in [2.45, 2.75) is 20.3 Å². The van der Waals surface area contributed by atoms with Crippen LogP contribution in [0, 0.1) is 5.92 Å². The fraction of sp³-hybridized carbons (Fsp3) is 0.467. The first-order valence-electron chi connectivity index (χ1n) is 6.69. The molecule has 1 unspecified atom stereocenters. The second-order valence-electron chi connectivity index (χ2n) is 4.57. The third kappa shape index (κ3) is 5.33. The van der Waals surface area contributed by atoms with Gasteiger partial charge in [-0.15, -0.1) is 0 Å². The number of hydrogen-bond donors (Lipinski definition) is 1. The van der Waals surface area contributed by atoms with Gasteiger partial charge in [-0.3, -0.25) is 9.59 Å². The summed E-state index contributed by atoms with van der Waals surface area (Å²) in [5.41, 5.74) is 0.510. The van der Waals surface area contributed by atoms with Crippen molar-refractivity contribution in [2.24, 2.45) is 5.92 Å². The summed E-state index contributed by atoms with van der Waals surface area (Å²) in [6.45, 7) is 3.32. The first-order chi connectivity index (χ1) is 9.99. The van der Waals surface area contributed by atoms with Gasteiger partial charge in [0.15, 0.2) is 6.61 Å². The van der Waals surface area contributed by atoms with E-state index in [9.17, 15) is 9.59 Å². The molecule has 0 aromatic heterocycles. The lowest BCUT2D eigenvalue weighted by Gasteiger charge is -2.11. The van der Waals surface area contributed by atoms with Crippen molar-refractivity contribution in [3.8, 4) is 11.5 Å². The van der Waals surface area contributed by atoms with E-state index in [1.54, 1.807) is 25.1 Å². The molecule has 0 heterocycles. The molecule has 0 aliphatic heterocycles. The predicted octanol–water partition coefficient (Wildman–Crippen LogP) is 2.23. The van der Waals surface area contributed by atoms with E-state index in [4.69, 9.17) is 14.2 Å². The second-order valence-corrected chi connectivity index (χ2v) is 4.57. The number of carbonyl (C=O) groups excluding carboxylic acids is 2. The van der Waals surface area contributed by atoms with Crippen LogP contribution in [0.2, 0.25) is 0 Å². The van der Waals surface area contributed by atoms with Gasteiger partial charge in [0.2, 0.25) is 0 Å². The lowest BCUT2D eigenvalue weighted by Crippen LogP contribution is -2.23. The quantitative estimate of drug-likeness (QED) is 0.781. The lowest BCUT2D eigenvalue weighted by atomic mass is 10.1. The number of anilines is 1. The fourth-order valence-corrected chi connectivity index (χ4v) is 1.52. The highest BCUT2D eigenvalue weighted by molar-refractivity contribution is 5.93. The fourth-order valence-electron chi connectivity index (χ4n) is 1.52. The number of methoxy groups -OCH3 is 2. The average Bonchev–Trinajstić information content (AvgIpc) is 2.51. The Kier molecular flexibility index (Phi) is 6.52.